The van der Waals surface area contributed by atoms with Crippen LogP contribution < -0.4 is 5.73 Å². The molecule has 0 unspecified atom stereocenters. The van der Waals surface area contributed by atoms with Gasteiger partial charge in [0.2, 0.25) is 5.91 Å². The maximum atomic E-state index is 11.8. The van der Waals surface area contributed by atoms with Gasteiger partial charge < -0.3 is 5.73 Å². The van der Waals surface area contributed by atoms with Crippen molar-refractivity contribution in [2.45, 2.75) is 26.7 Å². The van der Waals surface area contributed by atoms with Crippen molar-refractivity contribution in [3.8, 4) is 0 Å². The number of carbonyl (C=O) groups is 2. The zero-order chi connectivity index (χ0) is 12.2. The number of hydrogen-bond acceptors (Lipinski definition) is 2. The number of Topliss-reactive ketones (excluding diaryl/α,β-unsaturated/α-hetero) is 1. The van der Waals surface area contributed by atoms with E-state index in [-0.39, 0.29) is 12.2 Å². The molecule has 0 atom stereocenters. The Morgan fingerprint density at radius 1 is 1.19 bits per heavy atom. The van der Waals surface area contributed by atoms with E-state index in [1.165, 1.54) is 0 Å². The van der Waals surface area contributed by atoms with Crippen molar-refractivity contribution in [1.82, 2.24) is 0 Å². The van der Waals surface area contributed by atoms with Crippen molar-refractivity contribution in [2.75, 3.05) is 0 Å². The topological polar surface area (TPSA) is 60.2 Å². The molecule has 0 heterocycles. The van der Waals surface area contributed by atoms with Gasteiger partial charge in [0.05, 0.1) is 6.42 Å². The van der Waals surface area contributed by atoms with Crippen LogP contribution in [0.2, 0.25) is 0 Å². The number of primary amides is 1. The molecular formula is C13H17NO2. The third-order valence-electron chi connectivity index (χ3n) is 2.58. The number of carbonyl (C=O) groups excluding carboxylic acids is 2. The highest BCUT2D eigenvalue weighted by molar-refractivity contribution is 6.00. The van der Waals surface area contributed by atoms with E-state index in [2.05, 4.69) is 0 Å². The van der Waals surface area contributed by atoms with Gasteiger partial charge in [0.15, 0.2) is 0 Å². The normalized spacial score (nSPS) is 11.1. The molecule has 0 fully saturated rings. The predicted octanol–water partition coefficient (Wildman–Crippen LogP) is 1.70. The minimum Gasteiger partial charge on any atom is -0.369 e. The molecule has 2 N–H and O–H groups in total. The van der Waals surface area contributed by atoms with Gasteiger partial charge in [0.1, 0.15) is 5.78 Å². The summed E-state index contributed by atoms with van der Waals surface area (Å²) >= 11 is 0. The average Bonchev–Trinajstić information content (AvgIpc) is 2.17. The van der Waals surface area contributed by atoms with E-state index in [9.17, 15) is 9.59 Å². The molecule has 0 bridgehead atoms. The molecule has 16 heavy (non-hydrogen) atoms. The fourth-order valence-corrected chi connectivity index (χ4v) is 1.60. The van der Waals surface area contributed by atoms with E-state index in [1.54, 1.807) is 0 Å². The van der Waals surface area contributed by atoms with Crippen LogP contribution in [-0.4, -0.2) is 11.7 Å². The summed E-state index contributed by atoms with van der Waals surface area (Å²) in [5.41, 5.74) is 5.57. The Labute approximate surface area is 95.6 Å². The highest BCUT2D eigenvalue weighted by Crippen LogP contribution is 2.24. The second-order valence-corrected chi connectivity index (χ2v) is 4.61. The van der Waals surface area contributed by atoms with Crippen LogP contribution in [0.3, 0.4) is 0 Å². The third-order valence-corrected chi connectivity index (χ3v) is 2.58. The standard InChI is InChI=1S/C13H17NO2/c1-13(2,11(15)8-12(14)16)9-10-6-4-3-5-7-10/h3-7H,8-9H2,1-2H3,(H2,14,16). The van der Waals surface area contributed by atoms with E-state index in [0.29, 0.717) is 6.42 Å². The Morgan fingerprint density at radius 3 is 2.25 bits per heavy atom. The van der Waals surface area contributed by atoms with Crippen LogP contribution >= 0.6 is 0 Å². The van der Waals surface area contributed by atoms with Crippen LogP contribution in [0.25, 0.3) is 0 Å². The maximum absolute atomic E-state index is 11.8. The molecule has 3 nitrogen and oxygen atoms in total. The molecule has 0 aliphatic heterocycles. The van der Waals surface area contributed by atoms with E-state index in [4.69, 9.17) is 5.73 Å². The molecule has 0 aromatic heterocycles. The molecule has 0 radical (unpaired) electrons. The molecule has 1 aromatic rings. The molecule has 0 saturated heterocycles. The summed E-state index contributed by atoms with van der Waals surface area (Å²) in [6.07, 6.45) is 0.444. The monoisotopic (exact) mass is 219 g/mol. The Bertz CT molecular complexity index is 382. The maximum Gasteiger partial charge on any atom is 0.224 e. The lowest BCUT2D eigenvalue weighted by Gasteiger charge is -2.22. The molecule has 0 aliphatic rings. The van der Waals surface area contributed by atoms with E-state index in [1.807, 2.05) is 44.2 Å². The summed E-state index contributed by atoms with van der Waals surface area (Å²) in [4.78, 5) is 22.5. The van der Waals surface area contributed by atoms with Gasteiger partial charge in [0.25, 0.3) is 0 Å². The Hall–Kier alpha value is -1.64. The van der Waals surface area contributed by atoms with Crippen LogP contribution in [-0.2, 0) is 16.0 Å². The first-order chi connectivity index (χ1) is 7.42. The zero-order valence-corrected chi connectivity index (χ0v) is 9.69. The van der Waals surface area contributed by atoms with Gasteiger partial charge in [-0.25, -0.2) is 0 Å². The summed E-state index contributed by atoms with van der Waals surface area (Å²) in [7, 11) is 0. The number of nitrogens with two attached hydrogens (primary N) is 1. The Morgan fingerprint density at radius 2 is 1.75 bits per heavy atom. The molecule has 0 aliphatic carbocycles. The number of amides is 1. The van der Waals surface area contributed by atoms with Gasteiger partial charge >= 0.3 is 0 Å². The van der Waals surface area contributed by atoms with E-state index >= 15 is 0 Å². The molecule has 86 valence electrons. The first-order valence-corrected chi connectivity index (χ1v) is 5.27. The lowest BCUT2D eigenvalue weighted by molar-refractivity contribution is -0.131. The third kappa shape index (κ3) is 3.50. The summed E-state index contributed by atoms with van der Waals surface area (Å²) in [6.45, 7) is 3.68. The van der Waals surface area contributed by atoms with Crippen molar-refractivity contribution in [3.05, 3.63) is 35.9 Å². The summed E-state index contributed by atoms with van der Waals surface area (Å²) in [6, 6.07) is 9.74. The van der Waals surface area contributed by atoms with Crippen LogP contribution in [0.15, 0.2) is 30.3 Å². The van der Waals surface area contributed by atoms with Crippen LogP contribution in [0.4, 0.5) is 0 Å². The SMILES string of the molecule is CC(C)(Cc1ccccc1)C(=O)CC(N)=O. The molecule has 1 aromatic carbocycles. The lowest BCUT2D eigenvalue weighted by atomic mass is 9.80. The van der Waals surface area contributed by atoms with Gasteiger partial charge in [0, 0.05) is 5.41 Å². The largest absolute Gasteiger partial charge is 0.369 e. The predicted molar refractivity (Wildman–Crippen MR) is 62.7 cm³/mol. The van der Waals surface area contributed by atoms with E-state index < -0.39 is 11.3 Å². The number of hydrogen-bond donors (Lipinski definition) is 1. The minimum atomic E-state index is -0.564. The molecule has 3 heteroatoms. The number of benzene rings is 1. The quantitative estimate of drug-likeness (QED) is 0.766. The van der Waals surface area contributed by atoms with Crippen LogP contribution in [0.1, 0.15) is 25.8 Å². The highest BCUT2D eigenvalue weighted by atomic mass is 16.2. The molecule has 1 rings (SSSR count). The Kier molecular flexibility index (Phi) is 3.82. The van der Waals surface area contributed by atoms with Crippen molar-refractivity contribution in [3.63, 3.8) is 0 Å². The van der Waals surface area contributed by atoms with Gasteiger partial charge in [-0.3, -0.25) is 9.59 Å². The minimum absolute atomic E-state index is 0.108. The van der Waals surface area contributed by atoms with Gasteiger partial charge in [-0.05, 0) is 12.0 Å². The van der Waals surface area contributed by atoms with Gasteiger partial charge in [-0.2, -0.15) is 0 Å². The number of ketones is 1. The van der Waals surface area contributed by atoms with Crippen molar-refractivity contribution in [1.29, 1.82) is 0 Å². The molecular weight excluding hydrogens is 202 g/mol. The first kappa shape index (κ1) is 12.4. The molecule has 1 amide bonds. The fraction of sp³-hybridized carbons (Fsp3) is 0.385. The molecule has 0 saturated carbocycles. The summed E-state index contributed by atoms with van der Waals surface area (Å²) in [5, 5.41) is 0. The lowest BCUT2D eigenvalue weighted by Crippen LogP contribution is -2.30. The zero-order valence-electron chi connectivity index (χ0n) is 9.69. The number of rotatable bonds is 5. The summed E-state index contributed by atoms with van der Waals surface area (Å²) in [5.74, 6) is -0.671. The van der Waals surface area contributed by atoms with E-state index in [0.717, 1.165) is 5.56 Å². The van der Waals surface area contributed by atoms with Gasteiger partial charge in [-0.15, -0.1) is 0 Å². The second kappa shape index (κ2) is 4.92. The second-order valence-electron chi connectivity index (χ2n) is 4.61. The van der Waals surface area contributed by atoms with Crippen LogP contribution in [0, 0.1) is 5.41 Å². The van der Waals surface area contributed by atoms with Gasteiger partial charge in [-0.1, -0.05) is 44.2 Å². The highest BCUT2D eigenvalue weighted by Gasteiger charge is 2.28. The summed E-state index contributed by atoms with van der Waals surface area (Å²) < 4.78 is 0. The van der Waals surface area contributed by atoms with Crippen molar-refractivity contribution in [2.24, 2.45) is 11.1 Å². The first-order valence-electron chi connectivity index (χ1n) is 5.27. The van der Waals surface area contributed by atoms with Crippen molar-refractivity contribution < 1.29 is 9.59 Å². The smallest absolute Gasteiger partial charge is 0.224 e. The average molecular weight is 219 g/mol. The Balaban J connectivity index is 2.71. The molecule has 0 spiro atoms. The van der Waals surface area contributed by atoms with Crippen molar-refractivity contribution >= 4 is 11.7 Å². The van der Waals surface area contributed by atoms with Crippen LogP contribution in [0.5, 0.6) is 0 Å². The fourth-order valence-electron chi connectivity index (χ4n) is 1.60.